The maximum atomic E-state index is 12.1. The summed E-state index contributed by atoms with van der Waals surface area (Å²) in [4.78, 5) is 18.5. The van der Waals surface area contributed by atoms with Crippen LogP contribution >= 0.6 is 12.6 Å². The van der Waals surface area contributed by atoms with Crippen LogP contribution in [-0.2, 0) is 4.79 Å². The molecule has 1 amide bonds. The first-order valence-corrected chi connectivity index (χ1v) is 6.86. The van der Waals surface area contributed by atoms with Crippen LogP contribution in [0.2, 0.25) is 0 Å². The van der Waals surface area contributed by atoms with E-state index in [0.29, 0.717) is 12.3 Å². The first-order valence-electron chi connectivity index (χ1n) is 6.22. The molecule has 18 heavy (non-hydrogen) atoms. The quantitative estimate of drug-likeness (QED) is 0.802. The Kier molecular flexibility index (Phi) is 4.60. The predicted octanol–water partition coefficient (Wildman–Crippen LogP) is 1.12. The average Bonchev–Trinajstić information content (AvgIpc) is 2.79. The number of aromatic nitrogens is 1. The van der Waals surface area contributed by atoms with E-state index in [-0.39, 0.29) is 17.9 Å². The second-order valence-electron chi connectivity index (χ2n) is 4.62. The highest BCUT2D eigenvalue weighted by Crippen LogP contribution is 2.35. The van der Waals surface area contributed by atoms with Crippen LogP contribution in [0.15, 0.2) is 24.5 Å². The third-order valence-corrected chi connectivity index (χ3v) is 3.65. The molecule has 1 aromatic rings. The summed E-state index contributed by atoms with van der Waals surface area (Å²) >= 11 is 4.11. The third kappa shape index (κ3) is 2.84. The summed E-state index contributed by atoms with van der Waals surface area (Å²) in [7, 11) is 2.06. The van der Waals surface area contributed by atoms with Crippen LogP contribution in [0.25, 0.3) is 0 Å². The molecule has 2 atom stereocenters. The van der Waals surface area contributed by atoms with Crippen LogP contribution in [-0.4, -0.2) is 41.7 Å². The Bertz CT molecular complexity index is 398. The number of thiol groups is 1. The number of pyridine rings is 1. The second-order valence-corrected chi connectivity index (χ2v) is 5.07. The van der Waals surface area contributed by atoms with E-state index in [9.17, 15) is 4.79 Å². The highest BCUT2D eigenvalue weighted by atomic mass is 32.1. The maximum absolute atomic E-state index is 12.1. The minimum atomic E-state index is 0.0130. The molecule has 1 N–H and O–H groups in total. The molecule has 0 aromatic carbocycles. The van der Waals surface area contributed by atoms with Crippen molar-refractivity contribution in [1.29, 1.82) is 0 Å². The fourth-order valence-corrected chi connectivity index (χ4v) is 2.68. The molecule has 1 aromatic heterocycles. The first kappa shape index (κ1) is 13.4. The molecule has 1 fully saturated rings. The van der Waals surface area contributed by atoms with Crippen LogP contribution in [0.5, 0.6) is 0 Å². The lowest BCUT2D eigenvalue weighted by Crippen LogP contribution is -2.35. The number of hydrogen-bond acceptors (Lipinski definition) is 4. The molecule has 1 aliphatic rings. The number of nitrogens with zero attached hydrogens (tertiary/aromatic N) is 2. The molecule has 4 nitrogen and oxygen atoms in total. The van der Waals surface area contributed by atoms with Crippen LogP contribution < -0.4 is 5.32 Å². The van der Waals surface area contributed by atoms with Gasteiger partial charge in [0.15, 0.2) is 0 Å². The summed E-state index contributed by atoms with van der Waals surface area (Å²) in [5, 5.41) is 2.93. The zero-order valence-corrected chi connectivity index (χ0v) is 11.4. The van der Waals surface area contributed by atoms with Gasteiger partial charge in [0.05, 0.1) is 5.92 Å². The van der Waals surface area contributed by atoms with E-state index in [1.54, 1.807) is 6.20 Å². The van der Waals surface area contributed by atoms with Crippen molar-refractivity contribution in [2.75, 3.05) is 25.9 Å². The van der Waals surface area contributed by atoms with E-state index in [1.807, 2.05) is 18.3 Å². The Morgan fingerprint density at radius 1 is 1.67 bits per heavy atom. The molecule has 2 rings (SSSR count). The Morgan fingerprint density at radius 2 is 2.50 bits per heavy atom. The number of nitrogens with one attached hydrogen (secondary N) is 1. The minimum Gasteiger partial charge on any atom is -0.355 e. The highest BCUT2D eigenvalue weighted by molar-refractivity contribution is 7.80. The summed E-state index contributed by atoms with van der Waals surface area (Å²) in [6.45, 7) is 1.57. The lowest BCUT2D eigenvalue weighted by atomic mass is 9.94. The SMILES string of the molecule is CN1CCC(C(=O)NCCS)C1c1cccnc1. The molecule has 0 spiro atoms. The van der Waals surface area contributed by atoms with E-state index in [4.69, 9.17) is 0 Å². The summed E-state index contributed by atoms with van der Waals surface area (Å²) in [6.07, 6.45) is 4.51. The molecule has 2 heterocycles. The van der Waals surface area contributed by atoms with Gasteiger partial charge in [-0.3, -0.25) is 14.7 Å². The van der Waals surface area contributed by atoms with Crippen molar-refractivity contribution in [3.05, 3.63) is 30.1 Å². The zero-order valence-electron chi connectivity index (χ0n) is 10.5. The Balaban J connectivity index is 2.13. The van der Waals surface area contributed by atoms with Crippen molar-refractivity contribution in [3.8, 4) is 0 Å². The van der Waals surface area contributed by atoms with Crippen molar-refractivity contribution in [2.24, 2.45) is 5.92 Å². The van der Waals surface area contributed by atoms with Crippen LogP contribution in [0, 0.1) is 5.92 Å². The van der Waals surface area contributed by atoms with Gasteiger partial charge in [0.2, 0.25) is 5.91 Å². The van der Waals surface area contributed by atoms with E-state index in [2.05, 4.69) is 34.9 Å². The zero-order chi connectivity index (χ0) is 13.0. The van der Waals surface area contributed by atoms with Gasteiger partial charge >= 0.3 is 0 Å². The van der Waals surface area contributed by atoms with E-state index in [1.165, 1.54) is 0 Å². The van der Waals surface area contributed by atoms with Crippen molar-refractivity contribution in [2.45, 2.75) is 12.5 Å². The Hall–Kier alpha value is -1.07. The molecule has 0 aliphatic carbocycles. The molecule has 0 bridgehead atoms. The van der Waals surface area contributed by atoms with E-state index >= 15 is 0 Å². The van der Waals surface area contributed by atoms with Gasteiger partial charge in [-0.1, -0.05) is 6.07 Å². The van der Waals surface area contributed by atoms with Crippen molar-refractivity contribution in [1.82, 2.24) is 15.2 Å². The molecular formula is C13H19N3OS. The van der Waals surface area contributed by atoms with Gasteiger partial charge in [0.25, 0.3) is 0 Å². The third-order valence-electron chi connectivity index (χ3n) is 3.42. The topological polar surface area (TPSA) is 45.2 Å². The normalized spacial score (nSPS) is 24.1. The first-order chi connectivity index (χ1) is 8.74. The summed E-state index contributed by atoms with van der Waals surface area (Å²) in [6, 6.07) is 4.10. The number of carbonyl (C=O) groups excluding carboxylic acids is 1. The number of carbonyl (C=O) groups is 1. The number of rotatable bonds is 4. The van der Waals surface area contributed by atoms with E-state index in [0.717, 1.165) is 18.5 Å². The molecule has 98 valence electrons. The highest BCUT2D eigenvalue weighted by Gasteiger charge is 2.37. The molecular weight excluding hydrogens is 246 g/mol. The van der Waals surface area contributed by atoms with Gasteiger partial charge in [-0.25, -0.2) is 0 Å². The van der Waals surface area contributed by atoms with Gasteiger partial charge in [-0.05, 0) is 31.6 Å². The molecule has 1 saturated heterocycles. The van der Waals surface area contributed by atoms with Crippen LogP contribution in [0.1, 0.15) is 18.0 Å². The Morgan fingerprint density at radius 3 is 3.17 bits per heavy atom. The van der Waals surface area contributed by atoms with Gasteiger partial charge in [-0.2, -0.15) is 12.6 Å². The molecule has 1 aliphatic heterocycles. The second kappa shape index (κ2) is 6.20. The summed E-state index contributed by atoms with van der Waals surface area (Å²) in [5.41, 5.74) is 1.11. The van der Waals surface area contributed by atoms with Gasteiger partial charge in [-0.15, -0.1) is 0 Å². The van der Waals surface area contributed by atoms with Gasteiger partial charge in [0, 0.05) is 30.7 Å². The maximum Gasteiger partial charge on any atom is 0.225 e. The molecule has 0 saturated carbocycles. The summed E-state index contributed by atoms with van der Waals surface area (Å²) in [5.74, 6) is 0.813. The lowest BCUT2D eigenvalue weighted by Gasteiger charge is -2.24. The lowest BCUT2D eigenvalue weighted by molar-refractivity contribution is -0.125. The van der Waals surface area contributed by atoms with Crippen molar-refractivity contribution >= 4 is 18.5 Å². The van der Waals surface area contributed by atoms with Gasteiger partial charge < -0.3 is 5.32 Å². The van der Waals surface area contributed by atoms with Crippen LogP contribution in [0.3, 0.4) is 0 Å². The van der Waals surface area contributed by atoms with Gasteiger partial charge in [0.1, 0.15) is 0 Å². The van der Waals surface area contributed by atoms with Crippen LogP contribution in [0.4, 0.5) is 0 Å². The standard InChI is InChI=1S/C13H19N3OS/c1-16-7-4-11(13(17)15-6-8-18)12(16)10-3-2-5-14-9-10/h2-3,5,9,11-12,18H,4,6-8H2,1H3,(H,15,17). The van der Waals surface area contributed by atoms with Crippen molar-refractivity contribution in [3.63, 3.8) is 0 Å². The summed E-state index contributed by atoms with van der Waals surface area (Å²) < 4.78 is 0. The minimum absolute atomic E-state index is 0.0130. The molecule has 2 unspecified atom stereocenters. The number of hydrogen-bond donors (Lipinski definition) is 2. The van der Waals surface area contributed by atoms with Crippen molar-refractivity contribution < 1.29 is 4.79 Å². The number of amides is 1. The molecule has 0 radical (unpaired) electrons. The average molecular weight is 265 g/mol. The Labute approximate surface area is 113 Å². The monoisotopic (exact) mass is 265 g/mol. The number of likely N-dealkylation sites (tertiary alicyclic amines) is 1. The fraction of sp³-hybridized carbons (Fsp3) is 0.538. The molecule has 5 heteroatoms. The predicted molar refractivity (Wildman–Crippen MR) is 74.6 cm³/mol. The fourth-order valence-electron chi connectivity index (χ4n) is 2.57. The largest absolute Gasteiger partial charge is 0.355 e. The van der Waals surface area contributed by atoms with E-state index < -0.39 is 0 Å². The smallest absolute Gasteiger partial charge is 0.225 e.